The van der Waals surface area contributed by atoms with Crippen molar-refractivity contribution in [2.75, 3.05) is 6.61 Å². The van der Waals surface area contributed by atoms with E-state index in [1.54, 1.807) is 12.5 Å². The van der Waals surface area contributed by atoms with Gasteiger partial charge in [0.2, 0.25) is 0 Å². The Labute approximate surface area is 83.3 Å². The van der Waals surface area contributed by atoms with Gasteiger partial charge in [-0.05, 0) is 32.1 Å². The summed E-state index contributed by atoms with van der Waals surface area (Å²) >= 11 is 0. The van der Waals surface area contributed by atoms with Crippen LogP contribution in [0.3, 0.4) is 0 Å². The summed E-state index contributed by atoms with van der Waals surface area (Å²) in [5.74, 6) is 0.808. The fourth-order valence-electron chi connectivity index (χ4n) is 1.31. The molecular formula is C11H14O3. The van der Waals surface area contributed by atoms with Crippen molar-refractivity contribution in [1.82, 2.24) is 0 Å². The number of hydrogen-bond donors (Lipinski definition) is 0. The molecule has 3 heteroatoms. The Balaban J connectivity index is 2.10. The standard InChI is InChI=1S/C11H14O3/c1-11(2)8-13-10(5-7-14-11)9-4-3-6-12-9/h3-7,10H,8H2,1-2H3. The maximum Gasteiger partial charge on any atom is 0.137 e. The Morgan fingerprint density at radius 2 is 2.29 bits per heavy atom. The van der Waals surface area contributed by atoms with E-state index in [-0.39, 0.29) is 11.7 Å². The van der Waals surface area contributed by atoms with Crippen molar-refractivity contribution in [2.45, 2.75) is 25.6 Å². The van der Waals surface area contributed by atoms with E-state index in [9.17, 15) is 0 Å². The zero-order valence-corrected chi connectivity index (χ0v) is 8.40. The van der Waals surface area contributed by atoms with Crippen LogP contribution in [0.15, 0.2) is 35.2 Å². The van der Waals surface area contributed by atoms with Crippen molar-refractivity contribution in [3.63, 3.8) is 0 Å². The molecule has 0 aromatic carbocycles. The van der Waals surface area contributed by atoms with Crippen LogP contribution in [-0.4, -0.2) is 12.2 Å². The Bertz CT molecular complexity index is 311. The van der Waals surface area contributed by atoms with Crippen molar-refractivity contribution in [1.29, 1.82) is 0 Å². The van der Waals surface area contributed by atoms with Crippen molar-refractivity contribution in [3.8, 4) is 0 Å². The number of ether oxygens (including phenoxy) is 2. The van der Waals surface area contributed by atoms with Crippen LogP contribution >= 0.6 is 0 Å². The molecule has 1 aromatic heterocycles. The number of furan rings is 1. The van der Waals surface area contributed by atoms with E-state index in [4.69, 9.17) is 13.9 Å². The van der Waals surface area contributed by atoms with Crippen molar-refractivity contribution < 1.29 is 13.9 Å². The van der Waals surface area contributed by atoms with E-state index < -0.39 is 0 Å². The summed E-state index contributed by atoms with van der Waals surface area (Å²) in [5.41, 5.74) is -0.266. The predicted octanol–water partition coefficient (Wildman–Crippen LogP) is 2.66. The normalized spacial score (nSPS) is 25.4. The zero-order valence-electron chi connectivity index (χ0n) is 8.40. The largest absolute Gasteiger partial charge is 0.493 e. The third kappa shape index (κ3) is 1.99. The highest BCUT2D eigenvalue weighted by Gasteiger charge is 2.24. The van der Waals surface area contributed by atoms with Gasteiger partial charge >= 0.3 is 0 Å². The molecule has 2 heterocycles. The fraction of sp³-hybridized carbons (Fsp3) is 0.455. The third-order valence-electron chi connectivity index (χ3n) is 2.07. The molecule has 14 heavy (non-hydrogen) atoms. The van der Waals surface area contributed by atoms with Gasteiger partial charge < -0.3 is 13.9 Å². The van der Waals surface area contributed by atoms with Gasteiger partial charge in [-0.1, -0.05) is 0 Å². The molecule has 76 valence electrons. The molecular weight excluding hydrogens is 180 g/mol. The molecule has 0 bridgehead atoms. The third-order valence-corrected chi connectivity index (χ3v) is 2.07. The minimum atomic E-state index is -0.266. The van der Waals surface area contributed by atoms with E-state index >= 15 is 0 Å². The van der Waals surface area contributed by atoms with Gasteiger partial charge in [0.1, 0.15) is 17.5 Å². The van der Waals surface area contributed by atoms with Crippen molar-refractivity contribution >= 4 is 0 Å². The van der Waals surface area contributed by atoms with E-state index in [2.05, 4.69) is 0 Å². The molecule has 0 saturated carbocycles. The smallest absolute Gasteiger partial charge is 0.137 e. The molecule has 1 aliphatic heterocycles. The molecule has 0 N–H and O–H groups in total. The lowest BCUT2D eigenvalue weighted by Crippen LogP contribution is -2.27. The number of rotatable bonds is 1. The van der Waals surface area contributed by atoms with Gasteiger partial charge in [-0.25, -0.2) is 0 Å². The first-order valence-electron chi connectivity index (χ1n) is 4.67. The van der Waals surface area contributed by atoms with Gasteiger partial charge in [0, 0.05) is 0 Å². The molecule has 0 saturated heterocycles. The predicted molar refractivity (Wildman–Crippen MR) is 51.7 cm³/mol. The second-order valence-corrected chi connectivity index (χ2v) is 3.95. The SMILES string of the molecule is CC1(C)COC(c2ccco2)C=CO1. The van der Waals surface area contributed by atoms with E-state index in [0.717, 1.165) is 5.76 Å². The van der Waals surface area contributed by atoms with Crippen molar-refractivity contribution in [3.05, 3.63) is 36.5 Å². The highest BCUT2D eigenvalue weighted by atomic mass is 16.6. The summed E-state index contributed by atoms with van der Waals surface area (Å²) in [6, 6.07) is 3.75. The first-order valence-corrected chi connectivity index (χ1v) is 4.67. The van der Waals surface area contributed by atoms with E-state index in [1.807, 2.05) is 32.1 Å². The van der Waals surface area contributed by atoms with Gasteiger partial charge in [-0.2, -0.15) is 0 Å². The molecule has 1 aromatic rings. The molecule has 1 unspecified atom stereocenters. The minimum absolute atomic E-state index is 0.133. The lowest BCUT2D eigenvalue weighted by molar-refractivity contribution is -0.0369. The second-order valence-electron chi connectivity index (χ2n) is 3.95. The molecule has 0 amide bonds. The Hall–Kier alpha value is -1.22. The van der Waals surface area contributed by atoms with Crippen LogP contribution in [0.2, 0.25) is 0 Å². The average Bonchev–Trinajstić information content (AvgIpc) is 2.58. The molecule has 2 rings (SSSR count). The van der Waals surface area contributed by atoms with E-state index in [0.29, 0.717) is 6.61 Å². The quantitative estimate of drug-likeness (QED) is 0.688. The Kier molecular flexibility index (Phi) is 2.33. The maximum atomic E-state index is 5.66. The summed E-state index contributed by atoms with van der Waals surface area (Å²) in [5, 5.41) is 0. The van der Waals surface area contributed by atoms with E-state index in [1.165, 1.54) is 0 Å². The monoisotopic (exact) mass is 194 g/mol. The van der Waals surface area contributed by atoms with Gasteiger partial charge in [-0.15, -0.1) is 0 Å². The Morgan fingerprint density at radius 1 is 1.43 bits per heavy atom. The minimum Gasteiger partial charge on any atom is -0.493 e. The number of hydrogen-bond acceptors (Lipinski definition) is 3. The highest BCUT2D eigenvalue weighted by molar-refractivity contribution is 5.09. The molecule has 1 atom stereocenters. The van der Waals surface area contributed by atoms with Crippen LogP contribution in [0.25, 0.3) is 0 Å². The van der Waals surface area contributed by atoms with Gasteiger partial charge in [0.15, 0.2) is 0 Å². The average molecular weight is 194 g/mol. The van der Waals surface area contributed by atoms with Crippen LogP contribution < -0.4 is 0 Å². The first kappa shape index (κ1) is 9.34. The summed E-state index contributed by atoms with van der Waals surface area (Å²) in [4.78, 5) is 0. The summed E-state index contributed by atoms with van der Waals surface area (Å²) in [7, 11) is 0. The van der Waals surface area contributed by atoms with Gasteiger partial charge in [0.25, 0.3) is 0 Å². The van der Waals surface area contributed by atoms with Crippen LogP contribution in [0.4, 0.5) is 0 Å². The van der Waals surface area contributed by atoms with Crippen molar-refractivity contribution in [2.24, 2.45) is 0 Å². The van der Waals surface area contributed by atoms with Gasteiger partial charge in [-0.3, -0.25) is 0 Å². The van der Waals surface area contributed by atoms with Crippen LogP contribution in [-0.2, 0) is 9.47 Å². The molecule has 3 nitrogen and oxygen atoms in total. The topological polar surface area (TPSA) is 31.6 Å². The molecule has 0 radical (unpaired) electrons. The lowest BCUT2D eigenvalue weighted by Gasteiger charge is -2.22. The lowest BCUT2D eigenvalue weighted by atomic mass is 10.1. The molecule has 0 fully saturated rings. The second kappa shape index (κ2) is 3.50. The Morgan fingerprint density at radius 3 is 3.00 bits per heavy atom. The molecule has 0 spiro atoms. The summed E-state index contributed by atoms with van der Waals surface area (Å²) in [6.45, 7) is 4.52. The van der Waals surface area contributed by atoms with Crippen LogP contribution in [0.1, 0.15) is 25.7 Å². The summed E-state index contributed by atoms with van der Waals surface area (Å²) in [6.07, 6.45) is 5.05. The summed E-state index contributed by atoms with van der Waals surface area (Å²) < 4.78 is 16.4. The maximum absolute atomic E-state index is 5.66. The van der Waals surface area contributed by atoms with Crippen LogP contribution in [0, 0.1) is 0 Å². The highest BCUT2D eigenvalue weighted by Crippen LogP contribution is 2.25. The first-order chi connectivity index (χ1) is 6.67. The van der Waals surface area contributed by atoms with Gasteiger partial charge in [0.05, 0.1) is 19.1 Å². The van der Waals surface area contributed by atoms with Crippen LogP contribution in [0.5, 0.6) is 0 Å². The fourth-order valence-corrected chi connectivity index (χ4v) is 1.31. The zero-order chi connectivity index (χ0) is 10.0. The molecule has 0 aliphatic carbocycles. The molecule has 1 aliphatic rings.